The van der Waals surface area contributed by atoms with Gasteiger partial charge in [-0.15, -0.1) is 0 Å². The van der Waals surface area contributed by atoms with Crippen LogP contribution in [0.15, 0.2) is 42.6 Å². The Morgan fingerprint density at radius 3 is 2.62 bits per heavy atom. The molecule has 0 atom stereocenters. The summed E-state index contributed by atoms with van der Waals surface area (Å²) in [5, 5.41) is 3.55. The van der Waals surface area contributed by atoms with Crippen LogP contribution in [0.2, 0.25) is 5.02 Å². The van der Waals surface area contributed by atoms with Gasteiger partial charge in [0.1, 0.15) is 5.82 Å². The standard InChI is InChI=1S/C19H23ClN4O2/c1-26-12-7-21-19(25)15-5-6-18(22-14-15)24-10-8-23(9-11-24)17-4-2-3-16(20)13-17/h2-6,13-14H,7-12H2,1H3,(H,21,25). The number of hydrogen-bond acceptors (Lipinski definition) is 5. The number of pyridine rings is 1. The van der Waals surface area contributed by atoms with Crippen molar-refractivity contribution in [3.63, 3.8) is 0 Å². The number of amides is 1. The zero-order chi connectivity index (χ0) is 18.4. The Morgan fingerprint density at radius 1 is 1.19 bits per heavy atom. The molecule has 0 saturated carbocycles. The number of piperazine rings is 1. The monoisotopic (exact) mass is 374 g/mol. The number of benzene rings is 1. The molecule has 1 N–H and O–H groups in total. The average molecular weight is 375 g/mol. The van der Waals surface area contributed by atoms with Gasteiger partial charge in [-0.3, -0.25) is 4.79 Å². The van der Waals surface area contributed by atoms with Gasteiger partial charge in [0.2, 0.25) is 0 Å². The number of methoxy groups -OCH3 is 1. The van der Waals surface area contributed by atoms with Crippen LogP contribution in [0.5, 0.6) is 0 Å². The van der Waals surface area contributed by atoms with Crippen molar-refractivity contribution in [2.75, 3.05) is 56.2 Å². The van der Waals surface area contributed by atoms with Crippen molar-refractivity contribution in [3.05, 3.63) is 53.2 Å². The van der Waals surface area contributed by atoms with Crippen molar-refractivity contribution in [1.82, 2.24) is 10.3 Å². The van der Waals surface area contributed by atoms with E-state index < -0.39 is 0 Å². The maximum atomic E-state index is 12.0. The molecule has 2 heterocycles. The fraction of sp³-hybridized carbons (Fsp3) is 0.368. The van der Waals surface area contributed by atoms with E-state index in [-0.39, 0.29) is 5.91 Å². The van der Waals surface area contributed by atoms with E-state index in [4.69, 9.17) is 16.3 Å². The molecule has 0 aliphatic carbocycles. The van der Waals surface area contributed by atoms with Crippen LogP contribution in [0.4, 0.5) is 11.5 Å². The molecule has 1 fully saturated rings. The molecule has 0 spiro atoms. The molecular formula is C19H23ClN4O2. The van der Waals surface area contributed by atoms with Crippen LogP contribution in [0, 0.1) is 0 Å². The number of carbonyl (C=O) groups excluding carboxylic acids is 1. The zero-order valence-corrected chi connectivity index (χ0v) is 15.6. The highest BCUT2D eigenvalue weighted by molar-refractivity contribution is 6.30. The van der Waals surface area contributed by atoms with Crippen molar-refractivity contribution in [3.8, 4) is 0 Å². The highest BCUT2D eigenvalue weighted by Gasteiger charge is 2.18. The lowest BCUT2D eigenvalue weighted by molar-refractivity contribution is 0.0937. The summed E-state index contributed by atoms with van der Waals surface area (Å²) in [6.45, 7) is 4.54. The number of carbonyl (C=O) groups is 1. The molecule has 1 aliphatic heterocycles. The fourth-order valence-corrected chi connectivity index (χ4v) is 3.13. The van der Waals surface area contributed by atoms with Crippen LogP contribution in [0.25, 0.3) is 0 Å². The minimum absolute atomic E-state index is 0.133. The number of anilines is 2. The van der Waals surface area contributed by atoms with Crippen LogP contribution >= 0.6 is 11.6 Å². The molecule has 138 valence electrons. The maximum Gasteiger partial charge on any atom is 0.252 e. The molecule has 6 nitrogen and oxygen atoms in total. The van der Waals surface area contributed by atoms with Gasteiger partial charge in [0.15, 0.2) is 0 Å². The second kappa shape index (κ2) is 8.87. The minimum atomic E-state index is -0.133. The summed E-state index contributed by atoms with van der Waals surface area (Å²) in [6.07, 6.45) is 1.63. The van der Waals surface area contributed by atoms with Gasteiger partial charge in [0.25, 0.3) is 5.91 Å². The second-order valence-electron chi connectivity index (χ2n) is 6.11. The number of aromatic nitrogens is 1. The SMILES string of the molecule is COCCNC(=O)c1ccc(N2CCN(c3cccc(Cl)c3)CC2)nc1. The molecule has 1 saturated heterocycles. The van der Waals surface area contributed by atoms with Crippen molar-refractivity contribution in [2.24, 2.45) is 0 Å². The maximum absolute atomic E-state index is 12.0. The third kappa shape index (κ3) is 4.65. The van der Waals surface area contributed by atoms with Gasteiger partial charge in [-0.25, -0.2) is 4.98 Å². The van der Waals surface area contributed by atoms with Crippen LogP contribution < -0.4 is 15.1 Å². The van der Waals surface area contributed by atoms with Gasteiger partial charge < -0.3 is 19.9 Å². The average Bonchev–Trinajstić information content (AvgIpc) is 2.68. The summed E-state index contributed by atoms with van der Waals surface area (Å²) in [4.78, 5) is 21.0. The van der Waals surface area contributed by atoms with Gasteiger partial charge in [-0.05, 0) is 30.3 Å². The van der Waals surface area contributed by atoms with Crippen molar-refractivity contribution >= 4 is 29.0 Å². The predicted molar refractivity (Wildman–Crippen MR) is 104 cm³/mol. The number of halogens is 1. The van der Waals surface area contributed by atoms with Crippen LogP contribution in [-0.2, 0) is 4.74 Å². The van der Waals surface area contributed by atoms with Crippen LogP contribution in [0.3, 0.4) is 0 Å². The zero-order valence-electron chi connectivity index (χ0n) is 14.8. The summed E-state index contributed by atoms with van der Waals surface area (Å²) in [5.74, 6) is 0.760. The molecule has 1 aromatic heterocycles. The summed E-state index contributed by atoms with van der Waals surface area (Å²) in [7, 11) is 1.61. The third-order valence-electron chi connectivity index (χ3n) is 4.38. The first-order chi connectivity index (χ1) is 12.7. The number of nitrogens with one attached hydrogen (secondary N) is 1. The van der Waals surface area contributed by atoms with E-state index in [2.05, 4.69) is 26.2 Å². The number of rotatable bonds is 6. The van der Waals surface area contributed by atoms with Gasteiger partial charge >= 0.3 is 0 Å². The van der Waals surface area contributed by atoms with Crippen LogP contribution in [-0.4, -0.2) is 57.3 Å². The van der Waals surface area contributed by atoms with E-state index in [0.717, 1.165) is 42.7 Å². The Hall–Kier alpha value is -2.31. The number of hydrogen-bond donors (Lipinski definition) is 1. The van der Waals surface area contributed by atoms with Gasteiger partial charge in [-0.1, -0.05) is 17.7 Å². The third-order valence-corrected chi connectivity index (χ3v) is 4.61. The summed E-state index contributed by atoms with van der Waals surface area (Å²) < 4.78 is 4.93. The quantitative estimate of drug-likeness (QED) is 0.787. The molecule has 1 aromatic carbocycles. The Bertz CT molecular complexity index is 731. The molecule has 1 aliphatic rings. The van der Waals surface area contributed by atoms with E-state index in [0.29, 0.717) is 18.7 Å². The first-order valence-corrected chi connectivity index (χ1v) is 9.04. The van der Waals surface area contributed by atoms with E-state index in [1.165, 1.54) is 0 Å². The highest BCUT2D eigenvalue weighted by atomic mass is 35.5. The Morgan fingerprint density at radius 2 is 1.96 bits per heavy atom. The molecular weight excluding hydrogens is 352 g/mol. The smallest absolute Gasteiger partial charge is 0.252 e. The van der Waals surface area contributed by atoms with Crippen molar-refractivity contribution in [2.45, 2.75) is 0 Å². The van der Waals surface area contributed by atoms with Crippen LogP contribution in [0.1, 0.15) is 10.4 Å². The number of nitrogens with zero attached hydrogens (tertiary/aromatic N) is 3. The summed E-state index contributed by atoms with van der Waals surface area (Å²) >= 11 is 6.08. The molecule has 1 amide bonds. The Labute approximate surface area is 158 Å². The first kappa shape index (κ1) is 18.5. The highest BCUT2D eigenvalue weighted by Crippen LogP contribution is 2.22. The molecule has 0 bridgehead atoms. The van der Waals surface area contributed by atoms with E-state index in [1.807, 2.05) is 30.3 Å². The van der Waals surface area contributed by atoms with Crippen molar-refractivity contribution < 1.29 is 9.53 Å². The van der Waals surface area contributed by atoms with E-state index >= 15 is 0 Å². The molecule has 2 aromatic rings. The fourth-order valence-electron chi connectivity index (χ4n) is 2.94. The second-order valence-corrected chi connectivity index (χ2v) is 6.54. The summed E-state index contributed by atoms with van der Waals surface area (Å²) in [6, 6.07) is 11.7. The molecule has 7 heteroatoms. The lowest BCUT2D eigenvalue weighted by atomic mass is 10.2. The van der Waals surface area contributed by atoms with Crippen molar-refractivity contribution in [1.29, 1.82) is 0 Å². The van der Waals surface area contributed by atoms with Gasteiger partial charge in [0.05, 0.1) is 12.2 Å². The lowest BCUT2D eigenvalue weighted by Crippen LogP contribution is -2.46. The predicted octanol–water partition coefficient (Wildman–Crippen LogP) is 2.44. The van der Waals surface area contributed by atoms with Gasteiger partial charge in [0, 0.05) is 56.7 Å². The largest absolute Gasteiger partial charge is 0.383 e. The molecule has 0 unspecified atom stereocenters. The Balaban J connectivity index is 1.55. The van der Waals surface area contributed by atoms with E-state index in [9.17, 15) is 4.79 Å². The first-order valence-electron chi connectivity index (χ1n) is 8.66. The lowest BCUT2D eigenvalue weighted by Gasteiger charge is -2.36. The molecule has 26 heavy (non-hydrogen) atoms. The van der Waals surface area contributed by atoms with E-state index in [1.54, 1.807) is 13.3 Å². The Kier molecular flexibility index (Phi) is 6.30. The normalized spacial score (nSPS) is 14.4. The molecule has 3 rings (SSSR count). The molecule has 0 radical (unpaired) electrons. The number of ether oxygens (including phenoxy) is 1. The minimum Gasteiger partial charge on any atom is -0.383 e. The van der Waals surface area contributed by atoms with Gasteiger partial charge in [-0.2, -0.15) is 0 Å². The topological polar surface area (TPSA) is 57.7 Å². The summed E-state index contributed by atoms with van der Waals surface area (Å²) in [5.41, 5.74) is 1.70.